The highest BCUT2D eigenvalue weighted by atomic mass is 28.3. The second-order valence-corrected chi connectivity index (χ2v) is 12.8. The molecule has 0 radical (unpaired) electrons. The van der Waals surface area contributed by atoms with Crippen molar-refractivity contribution in [1.29, 1.82) is 0 Å². The van der Waals surface area contributed by atoms with Crippen LogP contribution < -0.4 is 5.46 Å². The monoisotopic (exact) mass is 282 g/mol. The summed E-state index contributed by atoms with van der Waals surface area (Å²) in [6.45, 7) is 14.1. The van der Waals surface area contributed by atoms with Gasteiger partial charge in [0.05, 0.1) is 6.61 Å². The van der Waals surface area contributed by atoms with Crippen LogP contribution in [0.15, 0.2) is 24.3 Å². The van der Waals surface area contributed by atoms with Gasteiger partial charge in [-0.25, -0.2) is 0 Å². The second-order valence-electron chi connectivity index (χ2n) is 6.78. The van der Waals surface area contributed by atoms with Crippen LogP contribution in [0.4, 0.5) is 0 Å². The molecule has 0 bridgehead atoms. The fourth-order valence-electron chi connectivity index (χ4n) is 0.852. The summed E-state index contributed by atoms with van der Waals surface area (Å²) >= 11 is 0. The van der Waals surface area contributed by atoms with Crippen LogP contribution in [-0.4, -0.2) is 30.3 Å². The molecule has 19 heavy (non-hydrogen) atoms. The van der Waals surface area contributed by atoms with E-state index in [1.54, 1.807) is 24.3 Å². The molecule has 0 saturated heterocycles. The first-order valence-corrected chi connectivity index (χ1v) is 10.0. The summed E-state index contributed by atoms with van der Waals surface area (Å²) in [5.74, 6) is 0. The van der Waals surface area contributed by atoms with Crippen LogP contribution in [0.5, 0.6) is 0 Å². The summed E-state index contributed by atoms with van der Waals surface area (Å²) in [4.78, 5) is 0. The molecular weight excluding hydrogens is 255 g/mol. The molecule has 0 unspecified atom stereocenters. The Morgan fingerprint density at radius 3 is 1.89 bits per heavy atom. The standard InChI is InChI=1S/C7H9BO3.C7H18Si/c9-5-6-2-1-3-7(4-6)8(10)11;1-7(2,3)8(4,5)6/h1-4,9-11H,5H2;1-6H3. The van der Waals surface area contributed by atoms with Crippen molar-refractivity contribution >= 4 is 20.7 Å². The molecule has 0 spiro atoms. The fraction of sp³-hybridized carbons (Fsp3) is 0.571. The number of aliphatic hydroxyl groups excluding tert-OH is 1. The summed E-state index contributed by atoms with van der Waals surface area (Å²) in [7, 11) is -2.32. The van der Waals surface area contributed by atoms with Crippen molar-refractivity contribution in [3.8, 4) is 0 Å². The maximum atomic E-state index is 8.72. The van der Waals surface area contributed by atoms with E-state index in [4.69, 9.17) is 15.2 Å². The number of benzene rings is 1. The van der Waals surface area contributed by atoms with Gasteiger partial charge >= 0.3 is 7.12 Å². The smallest absolute Gasteiger partial charge is 0.423 e. The minimum absolute atomic E-state index is 0.0828. The molecule has 108 valence electrons. The maximum absolute atomic E-state index is 8.72. The average Bonchev–Trinajstić information content (AvgIpc) is 2.27. The lowest BCUT2D eigenvalue weighted by molar-refractivity contribution is 0.282. The summed E-state index contributed by atoms with van der Waals surface area (Å²) in [5.41, 5.74) is 1.08. The topological polar surface area (TPSA) is 60.7 Å². The lowest BCUT2D eigenvalue weighted by Crippen LogP contribution is -2.32. The number of aliphatic hydroxyl groups is 1. The lowest BCUT2D eigenvalue weighted by Gasteiger charge is -2.32. The van der Waals surface area contributed by atoms with Crippen molar-refractivity contribution in [1.82, 2.24) is 0 Å². The van der Waals surface area contributed by atoms with Gasteiger partial charge in [0.15, 0.2) is 0 Å². The van der Waals surface area contributed by atoms with Crippen LogP contribution >= 0.6 is 0 Å². The molecular formula is C14H27BO3Si. The largest absolute Gasteiger partial charge is 0.488 e. The number of rotatable bonds is 2. The van der Waals surface area contributed by atoms with E-state index >= 15 is 0 Å². The zero-order valence-corrected chi connectivity index (χ0v) is 13.9. The van der Waals surface area contributed by atoms with Crippen LogP contribution in [0, 0.1) is 0 Å². The van der Waals surface area contributed by atoms with Gasteiger partial charge in [-0.3, -0.25) is 0 Å². The molecule has 3 N–H and O–H groups in total. The van der Waals surface area contributed by atoms with Gasteiger partial charge in [-0.2, -0.15) is 0 Å². The lowest BCUT2D eigenvalue weighted by atomic mass is 9.80. The summed E-state index contributed by atoms with van der Waals surface area (Å²) in [6, 6.07) is 6.51. The number of hydrogen-bond donors (Lipinski definition) is 3. The third-order valence-corrected chi connectivity index (χ3v) is 8.18. The van der Waals surface area contributed by atoms with E-state index in [-0.39, 0.29) is 6.61 Å². The van der Waals surface area contributed by atoms with E-state index in [1.807, 2.05) is 0 Å². The minimum atomic E-state index is -1.46. The predicted molar refractivity (Wildman–Crippen MR) is 85.3 cm³/mol. The molecule has 3 nitrogen and oxygen atoms in total. The van der Waals surface area contributed by atoms with E-state index in [2.05, 4.69) is 40.4 Å². The molecule has 0 heterocycles. The molecule has 1 aromatic carbocycles. The van der Waals surface area contributed by atoms with Crippen LogP contribution in [0.2, 0.25) is 24.7 Å². The van der Waals surface area contributed by atoms with Crippen molar-refractivity contribution in [3.63, 3.8) is 0 Å². The Labute approximate surface area is 118 Å². The average molecular weight is 282 g/mol. The first-order valence-electron chi connectivity index (χ1n) is 6.55. The van der Waals surface area contributed by atoms with Gasteiger partial charge < -0.3 is 15.2 Å². The van der Waals surface area contributed by atoms with Crippen molar-refractivity contribution < 1.29 is 15.2 Å². The van der Waals surface area contributed by atoms with E-state index in [0.717, 1.165) is 0 Å². The van der Waals surface area contributed by atoms with Gasteiger partial charge in [-0.1, -0.05) is 64.7 Å². The highest BCUT2D eigenvalue weighted by Gasteiger charge is 2.29. The molecule has 0 aliphatic rings. The zero-order valence-electron chi connectivity index (χ0n) is 12.9. The highest BCUT2D eigenvalue weighted by Crippen LogP contribution is 2.35. The molecule has 0 aliphatic carbocycles. The Bertz CT molecular complexity index is 369. The SMILES string of the molecule is CC(C)(C)[Si](C)(C)C.OCc1cccc(B(O)O)c1. The Hall–Kier alpha value is -0.618. The number of hydrogen-bond acceptors (Lipinski definition) is 3. The van der Waals surface area contributed by atoms with Gasteiger partial charge in [0.2, 0.25) is 0 Å². The molecule has 0 aliphatic heterocycles. The van der Waals surface area contributed by atoms with Gasteiger partial charge in [-0.15, -0.1) is 0 Å². The van der Waals surface area contributed by atoms with E-state index < -0.39 is 15.2 Å². The van der Waals surface area contributed by atoms with Gasteiger partial charge in [0, 0.05) is 8.07 Å². The van der Waals surface area contributed by atoms with Crippen LogP contribution in [0.25, 0.3) is 0 Å². The maximum Gasteiger partial charge on any atom is 0.488 e. The predicted octanol–water partition coefficient (Wildman–Crippen LogP) is 1.98. The quantitative estimate of drug-likeness (QED) is 0.727. The van der Waals surface area contributed by atoms with E-state index in [1.165, 1.54) is 0 Å². The summed E-state index contributed by atoms with van der Waals surface area (Å²) in [6.07, 6.45) is 0. The summed E-state index contributed by atoms with van der Waals surface area (Å²) in [5, 5.41) is 26.7. The highest BCUT2D eigenvalue weighted by molar-refractivity contribution is 6.78. The second kappa shape index (κ2) is 7.24. The zero-order chi connectivity index (χ0) is 15.3. The van der Waals surface area contributed by atoms with Crippen LogP contribution in [-0.2, 0) is 6.61 Å². The normalized spacial score (nSPS) is 11.6. The molecule has 0 saturated carbocycles. The molecule has 1 aromatic rings. The molecule has 5 heteroatoms. The first kappa shape index (κ1) is 18.4. The Kier molecular flexibility index (Phi) is 7.01. The van der Waals surface area contributed by atoms with Crippen molar-refractivity contribution in [2.75, 3.05) is 0 Å². The Morgan fingerprint density at radius 1 is 1.11 bits per heavy atom. The Morgan fingerprint density at radius 2 is 1.58 bits per heavy atom. The van der Waals surface area contributed by atoms with Crippen molar-refractivity contribution in [2.24, 2.45) is 0 Å². The molecule has 0 amide bonds. The third kappa shape index (κ3) is 6.92. The van der Waals surface area contributed by atoms with Crippen LogP contribution in [0.1, 0.15) is 26.3 Å². The Balaban J connectivity index is 0.000000362. The third-order valence-electron chi connectivity index (χ3n) is 3.68. The summed E-state index contributed by atoms with van der Waals surface area (Å²) < 4.78 is 0. The minimum Gasteiger partial charge on any atom is -0.423 e. The first-order chi connectivity index (χ1) is 8.49. The fourth-order valence-corrected chi connectivity index (χ4v) is 0.852. The van der Waals surface area contributed by atoms with Gasteiger partial charge in [-0.05, 0) is 16.1 Å². The molecule has 1 rings (SSSR count). The molecule has 0 fully saturated rings. The van der Waals surface area contributed by atoms with E-state index in [0.29, 0.717) is 16.1 Å². The van der Waals surface area contributed by atoms with E-state index in [9.17, 15) is 0 Å². The van der Waals surface area contributed by atoms with Crippen molar-refractivity contribution in [3.05, 3.63) is 29.8 Å². The van der Waals surface area contributed by atoms with Crippen molar-refractivity contribution in [2.45, 2.75) is 52.1 Å². The van der Waals surface area contributed by atoms with Crippen LogP contribution in [0.3, 0.4) is 0 Å². The molecule has 0 atom stereocenters. The molecule has 0 aromatic heterocycles. The van der Waals surface area contributed by atoms with Gasteiger partial charge in [0.25, 0.3) is 0 Å². The van der Waals surface area contributed by atoms with Gasteiger partial charge in [0.1, 0.15) is 0 Å².